The summed E-state index contributed by atoms with van der Waals surface area (Å²) >= 11 is 0. The van der Waals surface area contributed by atoms with E-state index in [4.69, 9.17) is 5.73 Å². The number of hydrogen-bond donors (Lipinski definition) is 2. The molecule has 1 amide bonds. The zero-order valence-corrected chi connectivity index (χ0v) is 12.6. The van der Waals surface area contributed by atoms with Crippen LogP contribution in [0.1, 0.15) is 53.9 Å². The zero-order valence-electron chi connectivity index (χ0n) is 12.6. The number of amides is 1. The van der Waals surface area contributed by atoms with E-state index < -0.39 is 5.60 Å². The van der Waals surface area contributed by atoms with Crippen molar-refractivity contribution in [1.82, 2.24) is 4.90 Å². The molecular formula is C14H30N2O2. The molecular weight excluding hydrogens is 228 g/mol. The average molecular weight is 258 g/mol. The first-order chi connectivity index (χ1) is 8.17. The van der Waals surface area contributed by atoms with Gasteiger partial charge in [0.2, 0.25) is 5.91 Å². The highest BCUT2D eigenvalue weighted by Crippen LogP contribution is 2.14. The molecule has 108 valence electrons. The number of nitrogens with zero attached hydrogens (tertiary/aromatic N) is 1. The lowest BCUT2D eigenvalue weighted by Gasteiger charge is -2.30. The second-order valence-corrected chi connectivity index (χ2v) is 5.97. The van der Waals surface area contributed by atoms with Crippen LogP contribution in [-0.4, -0.2) is 40.6 Å². The normalized spacial score (nSPS) is 15.3. The standard InChI is InChI=1S/C14H30N2O2/c1-6-16(10-14(4,5)18)13(17)11(2)8-7-9-12(3)15/h11-12,18H,6-10,15H2,1-5H3. The van der Waals surface area contributed by atoms with Gasteiger partial charge in [0.05, 0.1) is 5.60 Å². The van der Waals surface area contributed by atoms with Crippen molar-refractivity contribution in [2.45, 2.75) is 65.5 Å². The maximum absolute atomic E-state index is 12.2. The van der Waals surface area contributed by atoms with Crippen LogP contribution in [0.3, 0.4) is 0 Å². The van der Waals surface area contributed by atoms with Crippen LogP contribution < -0.4 is 5.73 Å². The van der Waals surface area contributed by atoms with E-state index in [1.54, 1.807) is 18.7 Å². The van der Waals surface area contributed by atoms with Crippen molar-refractivity contribution >= 4 is 5.91 Å². The first-order valence-corrected chi connectivity index (χ1v) is 6.94. The lowest BCUT2D eigenvalue weighted by molar-refractivity contribution is -0.138. The number of rotatable bonds is 8. The Morgan fingerprint density at radius 1 is 1.33 bits per heavy atom. The molecule has 0 aliphatic rings. The quantitative estimate of drug-likeness (QED) is 0.697. The molecule has 0 aromatic heterocycles. The monoisotopic (exact) mass is 258 g/mol. The summed E-state index contributed by atoms with van der Waals surface area (Å²) in [4.78, 5) is 13.9. The fourth-order valence-electron chi connectivity index (χ4n) is 1.99. The summed E-state index contributed by atoms with van der Waals surface area (Å²) in [5, 5.41) is 9.79. The molecule has 3 N–H and O–H groups in total. The molecule has 4 heteroatoms. The molecule has 0 rings (SSSR count). The Kier molecular flexibility index (Phi) is 7.48. The van der Waals surface area contributed by atoms with Gasteiger partial charge < -0.3 is 15.7 Å². The van der Waals surface area contributed by atoms with E-state index in [0.717, 1.165) is 19.3 Å². The molecule has 0 spiro atoms. The van der Waals surface area contributed by atoms with Crippen LogP contribution in [0.25, 0.3) is 0 Å². The fraction of sp³-hybridized carbons (Fsp3) is 0.929. The smallest absolute Gasteiger partial charge is 0.225 e. The lowest BCUT2D eigenvalue weighted by atomic mass is 10.00. The SMILES string of the molecule is CCN(CC(C)(C)O)C(=O)C(C)CCCC(C)N. The molecule has 0 heterocycles. The van der Waals surface area contributed by atoms with Gasteiger partial charge in [-0.3, -0.25) is 4.79 Å². The van der Waals surface area contributed by atoms with Crippen LogP contribution in [0.4, 0.5) is 0 Å². The van der Waals surface area contributed by atoms with Crippen molar-refractivity contribution in [1.29, 1.82) is 0 Å². The van der Waals surface area contributed by atoms with Gasteiger partial charge in [0.15, 0.2) is 0 Å². The Bertz CT molecular complexity index is 247. The third-order valence-electron chi connectivity index (χ3n) is 2.99. The predicted octanol–water partition coefficient (Wildman–Crippen LogP) is 1.76. The molecule has 0 fully saturated rings. The van der Waals surface area contributed by atoms with E-state index in [2.05, 4.69) is 0 Å². The molecule has 0 aromatic rings. The largest absolute Gasteiger partial charge is 0.389 e. The number of hydrogen-bond acceptors (Lipinski definition) is 3. The summed E-state index contributed by atoms with van der Waals surface area (Å²) in [6.45, 7) is 10.4. The molecule has 2 unspecified atom stereocenters. The molecule has 2 atom stereocenters. The summed E-state index contributed by atoms with van der Waals surface area (Å²) in [7, 11) is 0. The van der Waals surface area contributed by atoms with Crippen molar-refractivity contribution in [3.63, 3.8) is 0 Å². The van der Waals surface area contributed by atoms with E-state index in [-0.39, 0.29) is 17.9 Å². The van der Waals surface area contributed by atoms with Gasteiger partial charge in [0, 0.05) is 25.0 Å². The van der Waals surface area contributed by atoms with Gasteiger partial charge in [0.1, 0.15) is 0 Å². The van der Waals surface area contributed by atoms with Crippen LogP contribution in [0.5, 0.6) is 0 Å². The van der Waals surface area contributed by atoms with E-state index >= 15 is 0 Å². The molecule has 18 heavy (non-hydrogen) atoms. The maximum atomic E-state index is 12.2. The fourth-order valence-corrected chi connectivity index (χ4v) is 1.99. The molecule has 0 radical (unpaired) electrons. The van der Waals surface area contributed by atoms with E-state index in [1.807, 2.05) is 20.8 Å². The number of aliphatic hydroxyl groups is 1. The molecule has 4 nitrogen and oxygen atoms in total. The minimum atomic E-state index is -0.836. The molecule has 0 aliphatic carbocycles. The summed E-state index contributed by atoms with van der Waals surface area (Å²) in [6.07, 6.45) is 2.79. The minimum absolute atomic E-state index is 0.00560. The van der Waals surface area contributed by atoms with Crippen molar-refractivity contribution in [3.8, 4) is 0 Å². The highest BCUT2D eigenvalue weighted by atomic mass is 16.3. The number of likely N-dealkylation sites (N-methyl/N-ethyl adjacent to an activating group) is 1. The van der Waals surface area contributed by atoms with Gasteiger partial charge in [-0.25, -0.2) is 0 Å². The van der Waals surface area contributed by atoms with Crippen LogP contribution >= 0.6 is 0 Å². The molecule has 0 bridgehead atoms. The van der Waals surface area contributed by atoms with Crippen molar-refractivity contribution in [3.05, 3.63) is 0 Å². The van der Waals surface area contributed by atoms with Crippen LogP contribution in [-0.2, 0) is 4.79 Å². The number of carbonyl (C=O) groups is 1. The summed E-state index contributed by atoms with van der Waals surface area (Å²) < 4.78 is 0. The zero-order chi connectivity index (χ0) is 14.3. The maximum Gasteiger partial charge on any atom is 0.225 e. The van der Waals surface area contributed by atoms with E-state index in [9.17, 15) is 9.90 Å². The Labute approximate surface area is 112 Å². The Hall–Kier alpha value is -0.610. The van der Waals surface area contributed by atoms with Gasteiger partial charge in [-0.05, 0) is 40.5 Å². The van der Waals surface area contributed by atoms with Crippen LogP contribution in [0.2, 0.25) is 0 Å². The second-order valence-electron chi connectivity index (χ2n) is 5.97. The third-order valence-corrected chi connectivity index (χ3v) is 2.99. The molecule has 0 aromatic carbocycles. The highest BCUT2D eigenvalue weighted by molar-refractivity contribution is 5.78. The van der Waals surface area contributed by atoms with Gasteiger partial charge in [0.25, 0.3) is 0 Å². The van der Waals surface area contributed by atoms with Gasteiger partial charge in [-0.1, -0.05) is 13.3 Å². The Morgan fingerprint density at radius 3 is 2.28 bits per heavy atom. The average Bonchev–Trinajstić information content (AvgIpc) is 2.23. The van der Waals surface area contributed by atoms with Gasteiger partial charge >= 0.3 is 0 Å². The van der Waals surface area contributed by atoms with Crippen molar-refractivity contribution in [2.75, 3.05) is 13.1 Å². The highest BCUT2D eigenvalue weighted by Gasteiger charge is 2.24. The molecule has 0 aliphatic heterocycles. The lowest BCUT2D eigenvalue weighted by Crippen LogP contribution is -2.44. The van der Waals surface area contributed by atoms with E-state index in [1.165, 1.54) is 0 Å². The van der Waals surface area contributed by atoms with Gasteiger partial charge in [-0.15, -0.1) is 0 Å². The Balaban J connectivity index is 4.23. The van der Waals surface area contributed by atoms with Crippen LogP contribution in [0, 0.1) is 5.92 Å². The van der Waals surface area contributed by atoms with Crippen LogP contribution in [0.15, 0.2) is 0 Å². The van der Waals surface area contributed by atoms with Crippen molar-refractivity contribution < 1.29 is 9.90 Å². The summed E-state index contributed by atoms with van der Waals surface area (Å²) in [6, 6.07) is 0.200. The summed E-state index contributed by atoms with van der Waals surface area (Å²) in [5.74, 6) is 0.135. The van der Waals surface area contributed by atoms with Gasteiger partial charge in [-0.2, -0.15) is 0 Å². The minimum Gasteiger partial charge on any atom is -0.389 e. The van der Waals surface area contributed by atoms with E-state index in [0.29, 0.717) is 13.1 Å². The number of nitrogens with two attached hydrogens (primary N) is 1. The Morgan fingerprint density at radius 2 is 1.89 bits per heavy atom. The third kappa shape index (κ3) is 7.67. The molecule has 0 saturated carbocycles. The first-order valence-electron chi connectivity index (χ1n) is 6.94. The first kappa shape index (κ1) is 17.4. The number of carbonyl (C=O) groups excluding carboxylic acids is 1. The predicted molar refractivity (Wildman–Crippen MR) is 75.2 cm³/mol. The van der Waals surface area contributed by atoms with Crippen molar-refractivity contribution in [2.24, 2.45) is 11.7 Å². The topological polar surface area (TPSA) is 66.6 Å². The molecule has 0 saturated heterocycles. The second kappa shape index (κ2) is 7.74. The summed E-state index contributed by atoms with van der Waals surface area (Å²) in [5.41, 5.74) is 4.86.